The number of carbonyl (C=O) groups is 1. The van der Waals surface area contributed by atoms with Crippen LogP contribution in [0.5, 0.6) is 0 Å². The highest BCUT2D eigenvalue weighted by Gasteiger charge is 2.31. The molecule has 8 heteroatoms. The average Bonchev–Trinajstić information content (AvgIpc) is 2.54. The van der Waals surface area contributed by atoms with Crippen molar-refractivity contribution in [3.8, 4) is 0 Å². The number of likely N-dealkylation sites (tertiary alicyclic amines) is 1. The van der Waals surface area contributed by atoms with Crippen LogP contribution >= 0.6 is 0 Å². The van der Waals surface area contributed by atoms with E-state index < -0.39 is 21.7 Å². The van der Waals surface area contributed by atoms with Gasteiger partial charge in [-0.15, -0.1) is 0 Å². The van der Waals surface area contributed by atoms with Crippen molar-refractivity contribution in [2.45, 2.75) is 13.0 Å². The minimum absolute atomic E-state index is 0.0502. The van der Waals surface area contributed by atoms with Gasteiger partial charge in [-0.1, -0.05) is 0 Å². The van der Waals surface area contributed by atoms with Gasteiger partial charge in [-0.3, -0.25) is 4.79 Å². The van der Waals surface area contributed by atoms with Crippen LogP contribution in [0.25, 0.3) is 0 Å². The van der Waals surface area contributed by atoms with E-state index in [4.69, 9.17) is 5.14 Å². The van der Waals surface area contributed by atoms with Gasteiger partial charge >= 0.3 is 0 Å². The minimum atomic E-state index is -3.64. The third-order valence-electron chi connectivity index (χ3n) is 3.06. The van der Waals surface area contributed by atoms with E-state index in [-0.39, 0.29) is 37.1 Å². The summed E-state index contributed by atoms with van der Waals surface area (Å²) in [6, 6.07) is 3.03. The van der Waals surface area contributed by atoms with Gasteiger partial charge in [0.25, 0.3) is 0 Å². The topological polar surface area (TPSA) is 80.5 Å². The fourth-order valence-electron chi connectivity index (χ4n) is 2.37. The van der Waals surface area contributed by atoms with Crippen LogP contribution in [0, 0.1) is 17.6 Å². The Kier molecular flexibility index (Phi) is 4.05. The maximum atomic E-state index is 13.1. The summed E-state index contributed by atoms with van der Waals surface area (Å²) in [6.07, 6.45) is 0.0776. The smallest absolute Gasteiger partial charge is 0.223 e. The zero-order valence-electron chi connectivity index (χ0n) is 10.6. The van der Waals surface area contributed by atoms with Gasteiger partial charge in [0, 0.05) is 31.5 Å². The van der Waals surface area contributed by atoms with Crippen LogP contribution < -0.4 is 5.14 Å². The van der Waals surface area contributed by atoms with Gasteiger partial charge in [0.05, 0.1) is 5.75 Å². The van der Waals surface area contributed by atoms with Crippen LogP contribution in [-0.4, -0.2) is 31.5 Å². The molecule has 0 spiro atoms. The van der Waals surface area contributed by atoms with E-state index in [9.17, 15) is 22.0 Å². The third-order valence-corrected chi connectivity index (χ3v) is 3.99. The van der Waals surface area contributed by atoms with E-state index in [0.29, 0.717) is 5.56 Å². The molecule has 20 heavy (non-hydrogen) atoms. The normalized spacial score (nSPS) is 19.6. The zero-order chi connectivity index (χ0) is 14.9. The summed E-state index contributed by atoms with van der Waals surface area (Å²) >= 11 is 0. The lowest BCUT2D eigenvalue weighted by atomic mass is 10.1. The highest BCUT2D eigenvalue weighted by Crippen LogP contribution is 2.21. The number of amides is 1. The highest BCUT2D eigenvalue weighted by molar-refractivity contribution is 7.89. The SMILES string of the molecule is NS(=O)(=O)CC1CC(=O)N(Cc2cc(F)cc(F)c2)C1. The first kappa shape index (κ1) is 14.9. The lowest BCUT2D eigenvalue weighted by molar-refractivity contribution is -0.128. The number of halogens is 2. The molecule has 2 N–H and O–H groups in total. The van der Waals surface area contributed by atoms with Crippen LogP contribution in [0.1, 0.15) is 12.0 Å². The molecule has 2 rings (SSSR count). The molecule has 110 valence electrons. The van der Waals surface area contributed by atoms with Gasteiger partial charge in [-0.25, -0.2) is 22.3 Å². The first-order chi connectivity index (χ1) is 9.23. The summed E-state index contributed by atoms with van der Waals surface area (Å²) in [5.41, 5.74) is 0.326. The number of benzene rings is 1. The number of hydrogen-bond donors (Lipinski definition) is 1. The van der Waals surface area contributed by atoms with Gasteiger partial charge in [-0.05, 0) is 17.7 Å². The van der Waals surface area contributed by atoms with Gasteiger partial charge in [0.1, 0.15) is 11.6 Å². The molecule has 1 aromatic rings. The van der Waals surface area contributed by atoms with Crippen molar-refractivity contribution < 1.29 is 22.0 Å². The fourth-order valence-corrected chi connectivity index (χ4v) is 3.25. The van der Waals surface area contributed by atoms with Crippen molar-refractivity contribution >= 4 is 15.9 Å². The zero-order valence-corrected chi connectivity index (χ0v) is 11.4. The molecule has 1 aliphatic rings. The lowest BCUT2D eigenvalue weighted by Crippen LogP contribution is -2.27. The summed E-state index contributed by atoms with van der Waals surface area (Å²) < 4.78 is 48.1. The van der Waals surface area contributed by atoms with E-state index in [1.54, 1.807) is 0 Å². The molecule has 0 aliphatic carbocycles. The second kappa shape index (κ2) is 5.45. The van der Waals surface area contributed by atoms with E-state index in [0.717, 1.165) is 18.2 Å². The average molecular weight is 304 g/mol. The molecule has 0 aromatic heterocycles. The first-order valence-electron chi connectivity index (χ1n) is 5.96. The molecule has 0 saturated carbocycles. The molecule has 5 nitrogen and oxygen atoms in total. The van der Waals surface area contributed by atoms with Gasteiger partial charge in [0.2, 0.25) is 15.9 Å². The molecule has 1 aliphatic heterocycles. The number of primary sulfonamides is 1. The van der Waals surface area contributed by atoms with Gasteiger partial charge in [-0.2, -0.15) is 0 Å². The quantitative estimate of drug-likeness (QED) is 0.884. The molecular formula is C12H14F2N2O3S. The van der Waals surface area contributed by atoms with Crippen LogP contribution in [0.15, 0.2) is 18.2 Å². The van der Waals surface area contributed by atoms with Crippen LogP contribution in [0.2, 0.25) is 0 Å². The largest absolute Gasteiger partial charge is 0.338 e. The molecule has 0 bridgehead atoms. The second-order valence-electron chi connectivity index (χ2n) is 4.95. The molecule has 1 fully saturated rings. The third kappa shape index (κ3) is 3.97. The second-order valence-corrected chi connectivity index (χ2v) is 6.61. The number of sulfonamides is 1. The van der Waals surface area contributed by atoms with E-state index in [1.165, 1.54) is 4.90 Å². The number of rotatable bonds is 4. The fraction of sp³-hybridized carbons (Fsp3) is 0.417. The number of nitrogens with two attached hydrogens (primary N) is 1. The molecular weight excluding hydrogens is 290 g/mol. The number of hydrogen-bond acceptors (Lipinski definition) is 3. The Balaban J connectivity index is 2.05. The van der Waals surface area contributed by atoms with Crippen molar-refractivity contribution in [3.63, 3.8) is 0 Å². The molecule has 0 radical (unpaired) electrons. The standard InChI is InChI=1S/C12H14F2N2O3S/c13-10-1-8(2-11(14)4-10)5-16-6-9(3-12(16)17)7-20(15,18)19/h1-2,4,9H,3,5-7H2,(H2,15,18,19). The monoisotopic (exact) mass is 304 g/mol. The van der Waals surface area contributed by atoms with Gasteiger partial charge in [0.15, 0.2) is 0 Å². The lowest BCUT2D eigenvalue weighted by Gasteiger charge is -2.16. The molecule has 1 aromatic carbocycles. The van der Waals surface area contributed by atoms with E-state index in [1.807, 2.05) is 0 Å². The van der Waals surface area contributed by atoms with Crippen LogP contribution in [0.4, 0.5) is 8.78 Å². The minimum Gasteiger partial charge on any atom is -0.338 e. The van der Waals surface area contributed by atoms with Crippen LogP contribution in [0.3, 0.4) is 0 Å². The maximum Gasteiger partial charge on any atom is 0.223 e. The van der Waals surface area contributed by atoms with Gasteiger partial charge < -0.3 is 4.90 Å². The van der Waals surface area contributed by atoms with E-state index in [2.05, 4.69) is 0 Å². The Bertz CT molecular complexity index is 613. The predicted molar refractivity (Wildman–Crippen MR) is 67.9 cm³/mol. The Hall–Kier alpha value is -1.54. The van der Waals surface area contributed by atoms with Crippen molar-refractivity contribution in [1.82, 2.24) is 4.90 Å². The Morgan fingerprint density at radius 2 is 1.85 bits per heavy atom. The molecule has 1 saturated heterocycles. The Morgan fingerprint density at radius 3 is 2.40 bits per heavy atom. The summed E-state index contributed by atoms with van der Waals surface area (Å²) in [5.74, 6) is -2.33. The number of carbonyl (C=O) groups excluding carboxylic acids is 1. The molecule has 1 heterocycles. The molecule has 1 atom stereocenters. The summed E-state index contributed by atoms with van der Waals surface area (Å²) in [7, 11) is -3.64. The highest BCUT2D eigenvalue weighted by atomic mass is 32.2. The number of nitrogens with zero attached hydrogens (tertiary/aromatic N) is 1. The summed E-state index contributed by atoms with van der Waals surface area (Å²) in [6.45, 7) is 0.266. The van der Waals surface area contributed by atoms with E-state index >= 15 is 0 Å². The first-order valence-corrected chi connectivity index (χ1v) is 7.68. The van der Waals surface area contributed by atoms with Crippen molar-refractivity contribution in [1.29, 1.82) is 0 Å². The van der Waals surface area contributed by atoms with Crippen molar-refractivity contribution in [2.24, 2.45) is 11.1 Å². The Morgan fingerprint density at radius 1 is 1.25 bits per heavy atom. The molecule has 1 unspecified atom stereocenters. The summed E-state index contributed by atoms with van der Waals surface area (Å²) in [5, 5.41) is 4.94. The maximum absolute atomic E-state index is 13.1. The predicted octanol–water partition coefficient (Wildman–Crippen LogP) is 0.602. The van der Waals surface area contributed by atoms with Crippen molar-refractivity contribution in [3.05, 3.63) is 35.4 Å². The van der Waals surface area contributed by atoms with Crippen molar-refractivity contribution in [2.75, 3.05) is 12.3 Å². The molecule has 1 amide bonds. The summed E-state index contributed by atoms with van der Waals surface area (Å²) in [4.78, 5) is 13.1. The van der Waals surface area contributed by atoms with Crippen LogP contribution in [-0.2, 0) is 21.4 Å². The Labute approximate surface area is 115 Å².